The topological polar surface area (TPSA) is 70.2 Å². The SMILES string of the molecule is Cc1cc(N2CCC(NC(=O)C3CC(F)(F)CN3)CC2)nc(C)n1.Cl.Cl. The van der Waals surface area contributed by atoms with Gasteiger partial charge in [-0.15, -0.1) is 24.8 Å². The minimum absolute atomic E-state index is 0. The molecule has 1 atom stereocenters. The number of carbonyl (C=O) groups is 1. The van der Waals surface area contributed by atoms with Gasteiger partial charge in [-0.25, -0.2) is 18.7 Å². The molecule has 6 nitrogen and oxygen atoms in total. The molecule has 26 heavy (non-hydrogen) atoms. The van der Waals surface area contributed by atoms with E-state index in [2.05, 4.69) is 25.5 Å². The molecule has 0 aliphatic carbocycles. The quantitative estimate of drug-likeness (QED) is 0.795. The molecular formula is C16H25Cl2F2N5O. The van der Waals surface area contributed by atoms with Crippen molar-refractivity contribution in [2.45, 2.75) is 51.1 Å². The monoisotopic (exact) mass is 411 g/mol. The van der Waals surface area contributed by atoms with Crippen molar-refractivity contribution >= 4 is 36.5 Å². The molecule has 3 rings (SSSR count). The Morgan fingerprint density at radius 2 is 1.92 bits per heavy atom. The smallest absolute Gasteiger partial charge is 0.262 e. The van der Waals surface area contributed by atoms with Crippen LogP contribution in [-0.2, 0) is 4.79 Å². The Labute approximate surface area is 164 Å². The lowest BCUT2D eigenvalue weighted by Gasteiger charge is -2.33. The maximum Gasteiger partial charge on any atom is 0.262 e. The number of alkyl halides is 2. The fourth-order valence-electron chi connectivity index (χ4n) is 3.31. The summed E-state index contributed by atoms with van der Waals surface area (Å²) in [4.78, 5) is 23.0. The van der Waals surface area contributed by atoms with E-state index in [1.165, 1.54) is 0 Å². The number of anilines is 1. The van der Waals surface area contributed by atoms with Gasteiger partial charge in [0.2, 0.25) is 5.91 Å². The molecule has 2 saturated heterocycles. The highest BCUT2D eigenvalue weighted by Crippen LogP contribution is 2.25. The zero-order chi connectivity index (χ0) is 17.3. The Kier molecular flexibility index (Phi) is 7.98. The third-order valence-corrected chi connectivity index (χ3v) is 4.54. The lowest BCUT2D eigenvalue weighted by Crippen LogP contribution is -2.49. The first kappa shape index (κ1) is 22.8. The zero-order valence-corrected chi connectivity index (χ0v) is 16.4. The first-order valence-electron chi connectivity index (χ1n) is 8.31. The number of amides is 1. The van der Waals surface area contributed by atoms with Gasteiger partial charge in [-0.3, -0.25) is 10.1 Å². The molecule has 0 spiro atoms. The molecule has 0 radical (unpaired) electrons. The van der Waals surface area contributed by atoms with Gasteiger partial charge in [-0.1, -0.05) is 0 Å². The number of aromatic nitrogens is 2. The summed E-state index contributed by atoms with van der Waals surface area (Å²) >= 11 is 0. The van der Waals surface area contributed by atoms with Crippen molar-refractivity contribution in [1.29, 1.82) is 0 Å². The van der Waals surface area contributed by atoms with Gasteiger partial charge < -0.3 is 10.2 Å². The fourth-order valence-corrected chi connectivity index (χ4v) is 3.31. The fraction of sp³-hybridized carbons (Fsp3) is 0.688. The molecule has 1 unspecified atom stereocenters. The summed E-state index contributed by atoms with van der Waals surface area (Å²) in [6, 6.07) is 1.19. The Hall–Kier alpha value is -1.25. The summed E-state index contributed by atoms with van der Waals surface area (Å²) in [5.41, 5.74) is 0.932. The van der Waals surface area contributed by atoms with Crippen LogP contribution in [0.2, 0.25) is 0 Å². The second kappa shape index (κ2) is 9.10. The summed E-state index contributed by atoms with van der Waals surface area (Å²) in [5, 5.41) is 5.49. The predicted octanol–water partition coefficient (Wildman–Crippen LogP) is 2.02. The van der Waals surface area contributed by atoms with E-state index in [1.807, 2.05) is 19.9 Å². The molecule has 1 amide bonds. The summed E-state index contributed by atoms with van der Waals surface area (Å²) < 4.78 is 26.4. The van der Waals surface area contributed by atoms with Crippen LogP contribution in [0.3, 0.4) is 0 Å². The van der Waals surface area contributed by atoms with E-state index in [-0.39, 0.29) is 36.8 Å². The molecule has 2 fully saturated rings. The van der Waals surface area contributed by atoms with Crippen LogP contribution in [0, 0.1) is 13.8 Å². The van der Waals surface area contributed by atoms with Gasteiger partial charge >= 0.3 is 0 Å². The molecule has 0 aromatic carbocycles. The summed E-state index contributed by atoms with van der Waals surface area (Å²) in [6.07, 6.45) is 1.13. The molecule has 0 saturated carbocycles. The van der Waals surface area contributed by atoms with Crippen LogP contribution in [0.25, 0.3) is 0 Å². The van der Waals surface area contributed by atoms with Crippen molar-refractivity contribution in [2.75, 3.05) is 24.5 Å². The van der Waals surface area contributed by atoms with Crippen molar-refractivity contribution < 1.29 is 13.6 Å². The van der Waals surface area contributed by atoms with Gasteiger partial charge in [0, 0.05) is 37.3 Å². The molecule has 0 bridgehead atoms. The molecule has 2 aliphatic heterocycles. The maximum atomic E-state index is 13.2. The second-order valence-electron chi connectivity index (χ2n) is 6.68. The number of rotatable bonds is 3. The van der Waals surface area contributed by atoms with Gasteiger partial charge in [-0.2, -0.15) is 0 Å². The van der Waals surface area contributed by atoms with Crippen LogP contribution in [0.4, 0.5) is 14.6 Å². The van der Waals surface area contributed by atoms with Crippen LogP contribution < -0.4 is 15.5 Å². The van der Waals surface area contributed by atoms with Gasteiger partial charge in [-0.05, 0) is 26.7 Å². The number of halogens is 4. The van der Waals surface area contributed by atoms with E-state index in [1.54, 1.807) is 0 Å². The lowest BCUT2D eigenvalue weighted by molar-refractivity contribution is -0.124. The molecule has 148 valence electrons. The number of hydrogen-bond donors (Lipinski definition) is 2. The number of piperidine rings is 1. The Morgan fingerprint density at radius 1 is 1.27 bits per heavy atom. The maximum absolute atomic E-state index is 13.2. The van der Waals surface area contributed by atoms with E-state index in [9.17, 15) is 13.6 Å². The average Bonchev–Trinajstić information content (AvgIpc) is 2.87. The van der Waals surface area contributed by atoms with E-state index >= 15 is 0 Å². The Morgan fingerprint density at radius 3 is 2.46 bits per heavy atom. The molecule has 1 aromatic rings. The highest BCUT2D eigenvalue weighted by molar-refractivity contribution is 5.85. The molecule has 3 heterocycles. The van der Waals surface area contributed by atoms with Crippen LogP contribution in [0.15, 0.2) is 6.07 Å². The van der Waals surface area contributed by atoms with Gasteiger partial charge in [0.25, 0.3) is 5.92 Å². The minimum atomic E-state index is -2.78. The van der Waals surface area contributed by atoms with Crippen molar-refractivity contribution in [3.63, 3.8) is 0 Å². The van der Waals surface area contributed by atoms with Crippen LogP contribution in [0.1, 0.15) is 30.8 Å². The first-order valence-corrected chi connectivity index (χ1v) is 8.31. The van der Waals surface area contributed by atoms with Crippen LogP contribution in [-0.4, -0.2) is 53.5 Å². The highest BCUT2D eigenvalue weighted by Gasteiger charge is 2.42. The minimum Gasteiger partial charge on any atom is -0.356 e. The first-order chi connectivity index (χ1) is 11.3. The third-order valence-electron chi connectivity index (χ3n) is 4.54. The van der Waals surface area contributed by atoms with Gasteiger partial charge in [0.1, 0.15) is 11.6 Å². The molecule has 10 heteroatoms. The van der Waals surface area contributed by atoms with E-state index in [4.69, 9.17) is 0 Å². The van der Waals surface area contributed by atoms with Crippen molar-refractivity contribution in [3.05, 3.63) is 17.6 Å². The molecular weight excluding hydrogens is 387 g/mol. The molecule has 1 aromatic heterocycles. The van der Waals surface area contributed by atoms with Crippen molar-refractivity contribution in [3.8, 4) is 0 Å². The number of carbonyl (C=O) groups excluding carboxylic acids is 1. The number of nitrogens with zero attached hydrogens (tertiary/aromatic N) is 3. The Bertz CT molecular complexity index is 606. The zero-order valence-electron chi connectivity index (χ0n) is 14.8. The largest absolute Gasteiger partial charge is 0.356 e. The molecule has 2 aliphatic rings. The van der Waals surface area contributed by atoms with E-state index < -0.39 is 24.9 Å². The second-order valence-corrected chi connectivity index (χ2v) is 6.68. The predicted molar refractivity (Wildman–Crippen MR) is 101 cm³/mol. The number of nitrogens with one attached hydrogen (secondary N) is 2. The average molecular weight is 412 g/mol. The highest BCUT2D eigenvalue weighted by atomic mass is 35.5. The number of hydrogen-bond acceptors (Lipinski definition) is 5. The van der Waals surface area contributed by atoms with E-state index in [0.29, 0.717) is 0 Å². The molecule has 2 N–H and O–H groups in total. The summed E-state index contributed by atoms with van der Waals surface area (Å²) in [6.45, 7) is 4.93. The van der Waals surface area contributed by atoms with Crippen molar-refractivity contribution in [1.82, 2.24) is 20.6 Å². The van der Waals surface area contributed by atoms with Crippen LogP contribution in [0.5, 0.6) is 0 Å². The third kappa shape index (κ3) is 5.62. The lowest BCUT2D eigenvalue weighted by atomic mass is 10.0. The van der Waals surface area contributed by atoms with Crippen molar-refractivity contribution in [2.24, 2.45) is 0 Å². The van der Waals surface area contributed by atoms with Crippen LogP contribution >= 0.6 is 24.8 Å². The van der Waals surface area contributed by atoms with Gasteiger partial charge in [0.15, 0.2) is 0 Å². The summed E-state index contributed by atoms with van der Waals surface area (Å²) in [5.74, 6) is -1.46. The summed E-state index contributed by atoms with van der Waals surface area (Å²) in [7, 11) is 0. The van der Waals surface area contributed by atoms with E-state index in [0.717, 1.165) is 43.3 Å². The standard InChI is InChI=1S/C16H23F2N5O.2ClH/c1-10-7-14(21-11(2)20-10)23-5-3-12(4-6-23)22-15(24)13-8-16(17,18)9-19-13;;/h7,12-13,19H,3-6,8-9H2,1-2H3,(H,22,24);2*1H. The normalized spacial score (nSPS) is 22.3. The van der Waals surface area contributed by atoms with Gasteiger partial charge in [0.05, 0.1) is 12.6 Å². The Balaban J connectivity index is 0.00000169. The number of aryl methyl sites for hydroxylation is 2.